The van der Waals surface area contributed by atoms with Gasteiger partial charge in [0.2, 0.25) is 0 Å². The van der Waals surface area contributed by atoms with Crippen LogP contribution >= 0.6 is 0 Å². The molecular weight excluding hydrogens is 246 g/mol. The molecule has 0 aliphatic carbocycles. The van der Waals surface area contributed by atoms with Crippen LogP contribution in [0.2, 0.25) is 0 Å². The summed E-state index contributed by atoms with van der Waals surface area (Å²) in [5.74, 6) is 0.765. The zero-order valence-corrected chi connectivity index (χ0v) is 11.3. The highest BCUT2D eigenvalue weighted by molar-refractivity contribution is 5.97. The molecule has 2 rings (SSSR count). The van der Waals surface area contributed by atoms with Gasteiger partial charge in [-0.2, -0.15) is 0 Å². The minimum atomic E-state index is -0.456. The molecule has 0 unspecified atom stereocenters. The third-order valence-corrected chi connectivity index (χ3v) is 2.92. The molecule has 1 heterocycles. The number of aromatic nitrogens is 1. The van der Waals surface area contributed by atoms with Crippen LogP contribution in [0.3, 0.4) is 0 Å². The highest BCUT2D eigenvalue weighted by atomic mass is 16.5. The summed E-state index contributed by atoms with van der Waals surface area (Å²) in [5, 5.41) is 3.93. The molecule has 100 valence electrons. The van der Waals surface area contributed by atoms with Crippen molar-refractivity contribution in [3.05, 3.63) is 35.1 Å². The van der Waals surface area contributed by atoms with E-state index in [2.05, 4.69) is 5.16 Å². The fourth-order valence-electron chi connectivity index (χ4n) is 1.94. The van der Waals surface area contributed by atoms with Crippen LogP contribution in [0.15, 0.2) is 22.7 Å². The number of carbonyl (C=O) groups excluding carboxylic acids is 1. The minimum absolute atomic E-state index is 0.354. The number of benzene rings is 1. The molecule has 1 aromatic carbocycles. The summed E-state index contributed by atoms with van der Waals surface area (Å²) in [5.41, 5.74) is 2.58. The Hall–Kier alpha value is -2.30. The van der Waals surface area contributed by atoms with E-state index < -0.39 is 5.97 Å². The molecule has 0 fully saturated rings. The van der Waals surface area contributed by atoms with Gasteiger partial charge in [0, 0.05) is 5.56 Å². The lowest BCUT2D eigenvalue weighted by molar-refractivity contribution is 0.0599. The predicted molar refractivity (Wildman–Crippen MR) is 69.3 cm³/mol. The van der Waals surface area contributed by atoms with Gasteiger partial charge in [0.25, 0.3) is 0 Å². The summed E-state index contributed by atoms with van der Waals surface area (Å²) >= 11 is 0. The Balaban J connectivity index is 2.53. The topological polar surface area (TPSA) is 61.6 Å². The van der Waals surface area contributed by atoms with Crippen molar-refractivity contribution in [3.8, 4) is 17.0 Å². The number of hydrogen-bond donors (Lipinski definition) is 0. The van der Waals surface area contributed by atoms with Crippen LogP contribution in [0, 0.1) is 13.8 Å². The lowest BCUT2D eigenvalue weighted by Gasteiger charge is -2.06. The van der Waals surface area contributed by atoms with Crippen LogP contribution in [0.25, 0.3) is 11.3 Å². The fraction of sp³-hybridized carbons (Fsp3) is 0.286. The van der Waals surface area contributed by atoms with Crippen LogP contribution in [-0.2, 0) is 4.74 Å². The molecule has 0 saturated heterocycles. The molecule has 0 atom stereocenters. The molecule has 19 heavy (non-hydrogen) atoms. The first-order valence-electron chi connectivity index (χ1n) is 5.78. The molecule has 0 aliphatic heterocycles. The molecule has 0 amide bonds. The first-order chi connectivity index (χ1) is 9.08. The first-order valence-corrected chi connectivity index (χ1v) is 5.78. The Morgan fingerprint density at radius 3 is 2.58 bits per heavy atom. The third kappa shape index (κ3) is 2.31. The van der Waals surface area contributed by atoms with Crippen LogP contribution in [0.5, 0.6) is 5.75 Å². The van der Waals surface area contributed by atoms with Crippen LogP contribution < -0.4 is 4.74 Å². The van der Waals surface area contributed by atoms with Gasteiger partial charge in [0.1, 0.15) is 22.8 Å². The molecule has 2 aromatic rings. The van der Waals surface area contributed by atoms with Crippen molar-refractivity contribution in [2.75, 3.05) is 14.2 Å². The molecule has 0 saturated carbocycles. The number of methoxy groups -OCH3 is 2. The number of carbonyl (C=O) groups is 1. The maximum atomic E-state index is 11.8. The molecule has 5 heteroatoms. The van der Waals surface area contributed by atoms with Gasteiger partial charge in [-0.05, 0) is 37.6 Å². The van der Waals surface area contributed by atoms with E-state index in [1.165, 1.54) is 7.11 Å². The van der Waals surface area contributed by atoms with E-state index in [1.807, 2.05) is 25.1 Å². The van der Waals surface area contributed by atoms with Crippen molar-refractivity contribution >= 4 is 5.97 Å². The number of rotatable bonds is 3. The molecule has 5 nitrogen and oxygen atoms in total. The summed E-state index contributed by atoms with van der Waals surface area (Å²) in [6.45, 7) is 3.60. The summed E-state index contributed by atoms with van der Waals surface area (Å²) in [6, 6.07) is 5.55. The van der Waals surface area contributed by atoms with Crippen molar-refractivity contribution in [1.29, 1.82) is 0 Å². The smallest absolute Gasteiger partial charge is 0.343 e. The Morgan fingerprint density at radius 2 is 2.00 bits per heavy atom. The molecule has 0 radical (unpaired) electrons. The summed E-state index contributed by atoms with van der Waals surface area (Å²) in [7, 11) is 2.94. The normalized spacial score (nSPS) is 10.3. The van der Waals surface area contributed by atoms with Crippen LogP contribution in [0.4, 0.5) is 0 Å². The maximum Gasteiger partial charge on any atom is 0.343 e. The first kappa shape index (κ1) is 13.1. The second kappa shape index (κ2) is 5.14. The monoisotopic (exact) mass is 261 g/mol. The predicted octanol–water partition coefficient (Wildman–Crippen LogP) is 2.75. The molecule has 0 aliphatic rings. The lowest BCUT2D eigenvalue weighted by atomic mass is 10.0. The average Bonchev–Trinajstić information content (AvgIpc) is 2.79. The zero-order chi connectivity index (χ0) is 14.0. The number of nitrogens with zero attached hydrogens (tertiary/aromatic N) is 1. The second-order valence-electron chi connectivity index (χ2n) is 4.14. The summed E-state index contributed by atoms with van der Waals surface area (Å²) < 4.78 is 15.0. The van der Waals surface area contributed by atoms with Gasteiger partial charge in [-0.15, -0.1) is 0 Å². The molecule has 1 aromatic heterocycles. The van der Waals surface area contributed by atoms with Gasteiger partial charge in [-0.3, -0.25) is 0 Å². The highest BCUT2D eigenvalue weighted by Gasteiger charge is 2.22. The maximum absolute atomic E-state index is 11.8. The highest BCUT2D eigenvalue weighted by Crippen LogP contribution is 2.29. The molecule has 0 N–H and O–H groups in total. The largest absolute Gasteiger partial charge is 0.496 e. The van der Waals surface area contributed by atoms with Gasteiger partial charge in [-0.1, -0.05) is 5.16 Å². The Labute approximate surface area is 111 Å². The van der Waals surface area contributed by atoms with E-state index in [-0.39, 0.29) is 0 Å². The van der Waals surface area contributed by atoms with Crippen LogP contribution in [-0.4, -0.2) is 25.3 Å². The van der Waals surface area contributed by atoms with Crippen molar-refractivity contribution < 1.29 is 18.8 Å². The Morgan fingerprint density at radius 1 is 1.26 bits per heavy atom. The fourth-order valence-corrected chi connectivity index (χ4v) is 1.94. The molecular formula is C14H15NO4. The van der Waals surface area contributed by atoms with E-state index in [4.69, 9.17) is 14.0 Å². The third-order valence-electron chi connectivity index (χ3n) is 2.92. The Bertz CT molecular complexity index is 616. The van der Waals surface area contributed by atoms with Crippen molar-refractivity contribution in [2.45, 2.75) is 13.8 Å². The van der Waals surface area contributed by atoms with E-state index in [0.717, 1.165) is 16.9 Å². The summed E-state index contributed by atoms with van der Waals surface area (Å²) in [6.07, 6.45) is 0. The van der Waals surface area contributed by atoms with Crippen molar-refractivity contribution in [1.82, 2.24) is 5.16 Å². The van der Waals surface area contributed by atoms with E-state index in [1.54, 1.807) is 14.0 Å². The molecule has 0 bridgehead atoms. The summed E-state index contributed by atoms with van der Waals surface area (Å²) in [4.78, 5) is 11.8. The van der Waals surface area contributed by atoms with Crippen LogP contribution in [0.1, 0.15) is 21.7 Å². The minimum Gasteiger partial charge on any atom is -0.496 e. The Kier molecular flexibility index (Phi) is 3.55. The van der Waals surface area contributed by atoms with E-state index in [0.29, 0.717) is 17.0 Å². The molecule has 0 spiro atoms. The van der Waals surface area contributed by atoms with Gasteiger partial charge in [0.15, 0.2) is 0 Å². The SMILES string of the molecule is COC(=O)c1c(-c2ccc(OC)c(C)c2)noc1C. The van der Waals surface area contributed by atoms with E-state index in [9.17, 15) is 4.79 Å². The number of hydrogen-bond acceptors (Lipinski definition) is 5. The lowest BCUT2D eigenvalue weighted by Crippen LogP contribution is -2.03. The van der Waals surface area contributed by atoms with Crippen molar-refractivity contribution in [2.24, 2.45) is 0 Å². The zero-order valence-electron chi connectivity index (χ0n) is 11.3. The number of esters is 1. The quantitative estimate of drug-likeness (QED) is 0.795. The van der Waals surface area contributed by atoms with Gasteiger partial charge in [0.05, 0.1) is 14.2 Å². The van der Waals surface area contributed by atoms with E-state index >= 15 is 0 Å². The average molecular weight is 261 g/mol. The number of ether oxygens (including phenoxy) is 2. The van der Waals surface area contributed by atoms with Crippen molar-refractivity contribution in [3.63, 3.8) is 0 Å². The van der Waals surface area contributed by atoms with Gasteiger partial charge < -0.3 is 14.0 Å². The second-order valence-corrected chi connectivity index (χ2v) is 4.14. The number of aryl methyl sites for hydroxylation is 2. The van der Waals surface area contributed by atoms with Gasteiger partial charge in [-0.25, -0.2) is 4.79 Å². The standard InChI is InChI=1S/C14H15NO4/c1-8-7-10(5-6-11(8)17-3)13-12(14(16)18-4)9(2)19-15-13/h5-7H,1-4H3. The van der Waals surface area contributed by atoms with Gasteiger partial charge >= 0.3 is 5.97 Å².